The Morgan fingerprint density at radius 1 is 1.42 bits per heavy atom. The second-order valence-electron chi connectivity index (χ2n) is 5.72. The van der Waals surface area contributed by atoms with Crippen molar-refractivity contribution in [3.63, 3.8) is 0 Å². The largest absolute Gasteiger partial charge is 0.465 e. The van der Waals surface area contributed by atoms with Crippen molar-refractivity contribution in [2.45, 2.75) is 65.4 Å². The number of ether oxygens (including phenoxy) is 1. The summed E-state index contributed by atoms with van der Waals surface area (Å²) >= 11 is 0. The fraction of sp³-hybridized carbons (Fsp3) is 0.812. The highest BCUT2D eigenvalue weighted by Crippen LogP contribution is 2.50. The maximum absolute atomic E-state index is 12.1. The Balaban J connectivity index is 2.80. The van der Waals surface area contributed by atoms with Crippen molar-refractivity contribution < 1.29 is 14.6 Å². The summed E-state index contributed by atoms with van der Waals surface area (Å²) in [5.41, 5.74) is -1.95. The molecule has 0 aromatic carbocycles. The zero-order valence-corrected chi connectivity index (χ0v) is 12.6. The van der Waals surface area contributed by atoms with Crippen LogP contribution in [0.4, 0.5) is 0 Å². The number of carbonyl (C=O) groups excluding carboxylic acids is 1. The standard InChI is InChI=1S/C16H26O3/c1-5-7-8-9-10-13-11-12-15(3,16(13,4)18)14(17)19-6-2/h13,18H,5-8,11-12H2,1-4H3/t13-,15+,16+/m0/s1. The molecule has 0 unspecified atom stereocenters. The predicted molar refractivity (Wildman–Crippen MR) is 75.4 cm³/mol. The van der Waals surface area contributed by atoms with Gasteiger partial charge in [0, 0.05) is 12.3 Å². The average molecular weight is 266 g/mol. The smallest absolute Gasteiger partial charge is 0.314 e. The van der Waals surface area contributed by atoms with Crippen molar-refractivity contribution in [2.24, 2.45) is 11.3 Å². The molecule has 0 heterocycles. The minimum Gasteiger partial charge on any atom is -0.465 e. The highest BCUT2D eigenvalue weighted by molar-refractivity contribution is 5.78. The first-order valence-corrected chi connectivity index (χ1v) is 7.28. The Morgan fingerprint density at radius 3 is 2.68 bits per heavy atom. The molecule has 0 amide bonds. The highest BCUT2D eigenvalue weighted by Gasteiger charge is 2.58. The Hall–Kier alpha value is -1.01. The van der Waals surface area contributed by atoms with Gasteiger partial charge < -0.3 is 9.84 Å². The highest BCUT2D eigenvalue weighted by atomic mass is 16.5. The first-order chi connectivity index (χ1) is 8.90. The third-order valence-corrected chi connectivity index (χ3v) is 4.39. The van der Waals surface area contributed by atoms with E-state index in [1.165, 1.54) is 0 Å². The molecule has 0 aromatic heterocycles. The van der Waals surface area contributed by atoms with E-state index in [-0.39, 0.29) is 11.9 Å². The fourth-order valence-corrected chi connectivity index (χ4v) is 2.62. The van der Waals surface area contributed by atoms with Crippen molar-refractivity contribution in [3.05, 3.63) is 0 Å². The molecular weight excluding hydrogens is 240 g/mol. The van der Waals surface area contributed by atoms with Crippen LogP contribution < -0.4 is 0 Å². The quantitative estimate of drug-likeness (QED) is 0.483. The molecular formula is C16H26O3. The summed E-state index contributed by atoms with van der Waals surface area (Å²) in [6.07, 6.45) is 4.44. The second kappa shape index (κ2) is 6.43. The fourth-order valence-electron chi connectivity index (χ4n) is 2.62. The van der Waals surface area contributed by atoms with Crippen LogP contribution in [0.25, 0.3) is 0 Å². The number of carbonyl (C=O) groups is 1. The molecule has 0 radical (unpaired) electrons. The van der Waals surface area contributed by atoms with E-state index in [4.69, 9.17) is 4.74 Å². The van der Waals surface area contributed by atoms with E-state index in [2.05, 4.69) is 18.8 Å². The monoisotopic (exact) mass is 266 g/mol. The summed E-state index contributed by atoms with van der Waals surface area (Å²) in [7, 11) is 0. The van der Waals surface area contributed by atoms with Crippen LogP contribution in [0.5, 0.6) is 0 Å². The second-order valence-corrected chi connectivity index (χ2v) is 5.72. The molecule has 1 aliphatic rings. The van der Waals surface area contributed by atoms with Gasteiger partial charge in [-0.2, -0.15) is 0 Å². The van der Waals surface area contributed by atoms with Gasteiger partial charge >= 0.3 is 5.97 Å². The van der Waals surface area contributed by atoms with Crippen LogP contribution in [-0.4, -0.2) is 23.3 Å². The zero-order chi connectivity index (χ0) is 14.5. The number of esters is 1. The number of unbranched alkanes of at least 4 members (excludes halogenated alkanes) is 2. The molecule has 0 bridgehead atoms. The maximum atomic E-state index is 12.1. The van der Waals surface area contributed by atoms with E-state index in [1.54, 1.807) is 20.8 Å². The van der Waals surface area contributed by atoms with Crippen molar-refractivity contribution in [2.75, 3.05) is 6.61 Å². The number of aliphatic hydroxyl groups is 1. The third kappa shape index (κ3) is 3.12. The molecule has 108 valence electrons. The van der Waals surface area contributed by atoms with Crippen LogP contribution in [-0.2, 0) is 9.53 Å². The van der Waals surface area contributed by atoms with Gasteiger partial charge in [0.25, 0.3) is 0 Å². The molecule has 3 nitrogen and oxygen atoms in total. The van der Waals surface area contributed by atoms with Crippen molar-refractivity contribution >= 4 is 5.97 Å². The molecule has 1 rings (SSSR count). The first kappa shape index (κ1) is 16.0. The van der Waals surface area contributed by atoms with E-state index in [0.717, 1.165) is 25.7 Å². The molecule has 0 aromatic rings. The van der Waals surface area contributed by atoms with Crippen molar-refractivity contribution in [3.8, 4) is 11.8 Å². The van der Waals surface area contributed by atoms with Gasteiger partial charge in [-0.1, -0.05) is 19.3 Å². The molecule has 0 saturated heterocycles. The molecule has 0 aliphatic heterocycles. The Labute approximate surface area is 116 Å². The minimum atomic E-state index is -1.11. The van der Waals surface area contributed by atoms with E-state index in [1.807, 2.05) is 0 Å². The lowest BCUT2D eigenvalue weighted by Crippen LogP contribution is -2.49. The van der Waals surface area contributed by atoms with Crippen LogP contribution in [0.3, 0.4) is 0 Å². The van der Waals surface area contributed by atoms with Crippen LogP contribution in [0.1, 0.15) is 59.8 Å². The van der Waals surface area contributed by atoms with Gasteiger partial charge in [-0.15, -0.1) is 5.92 Å². The normalized spacial score (nSPS) is 33.6. The summed E-state index contributed by atoms with van der Waals surface area (Å²) in [5, 5.41) is 10.7. The molecule has 1 saturated carbocycles. The lowest BCUT2D eigenvalue weighted by atomic mass is 9.74. The average Bonchev–Trinajstić information content (AvgIpc) is 2.59. The Kier molecular flexibility index (Phi) is 5.43. The van der Waals surface area contributed by atoms with Crippen molar-refractivity contribution in [1.82, 2.24) is 0 Å². The molecule has 1 N–H and O–H groups in total. The zero-order valence-electron chi connectivity index (χ0n) is 12.6. The van der Waals surface area contributed by atoms with Gasteiger partial charge in [-0.3, -0.25) is 4.79 Å². The summed E-state index contributed by atoms with van der Waals surface area (Å²) in [5.74, 6) is 5.83. The Morgan fingerprint density at radius 2 is 2.11 bits per heavy atom. The van der Waals surface area contributed by atoms with Gasteiger partial charge in [-0.05, 0) is 40.0 Å². The van der Waals surface area contributed by atoms with Crippen molar-refractivity contribution in [1.29, 1.82) is 0 Å². The topological polar surface area (TPSA) is 46.5 Å². The minimum absolute atomic E-state index is 0.140. The summed E-state index contributed by atoms with van der Waals surface area (Å²) < 4.78 is 5.11. The lowest BCUT2D eigenvalue weighted by molar-refractivity contribution is -0.168. The van der Waals surface area contributed by atoms with Gasteiger partial charge in [0.1, 0.15) is 0 Å². The summed E-state index contributed by atoms with van der Waals surface area (Å²) in [6.45, 7) is 7.77. The number of hydrogen-bond donors (Lipinski definition) is 1. The van der Waals surface area contributed by atoms with E-state index < -0.39 is 11.0 Å². The van der Waals surface area contributed by atoms with Gasteiger partial charge in [0.05, 0.1) is 17.6 Å². The molecule has 1 fully saturated rings. The van der Waals surface area contributed by atoms with E-state index >= 15 is 0 Å². The van der Waals surface area contributed by atoms with Crippen LogP contribution in [0.15, 0.2) is 0 Å². The lowest BCUT2D eigenvalue weighted by Gasteiger charge is -2.36. The van der Waals surface area contributed by atoms with Crippen LogP contribution in [0, 0.1) is 23.2 Å². The summed E-state index contributed by atoms with van der Waals surface area (Å²) in [6, 6.07) is 0. The molecule has 19 heavy (non-hydrogen) atoms. The molecule has 0 spiro atoms. The van der Waals surface area contributed by atoms with Gasteiger partial charge in [-0.25, -0.2) is 0 Å². The predicted octanol–water partition coefficient (Wildman–Crippen LogP) is 2.91. The first-order valence-electron chi connectivity index (χ1n) is 7.28. The molecule has 1 aliphatic carbocycles. The van der Waals surface area contributed by atoms with Gasteiger partial charge in [0.2, 0.25) is 0 Å². The SMILES string of the molecule is CCCCC#C[C@H]1CC[C@](C)(C(=O)OCC)[C@]1(C)O. The maximum Gasteiger partial charge on any atom is 0.314 e. The number of rotatable bonds is 4. The Bertz CT molecular complexity index is 375. The van der Waals surface area contributed by atoms with Crippen LogP contribution in [0.2, 0.25) is 0 Å². The molecule has 3 heteroatoms. The third-order valence-electron chi connectivity index (χ3n) is 4.39. The van der Waals surface area contributed by atoms with E-state index in [9.17, 15) is 9.90 Å². The van der Waals surface area contributed by atoms with E-state index in [0.29, 0.717) is 13.0 Å². The summed E-state index contributed by atoms with van der Waals surface area (Å²) in [4.78, 5) is 12.1. The van der Waals surface area contributed by atoms with Crippen LogP contribution >= 0.6 is 0 Å². The van der Waals surface area contributed by atoms with Gasteiger partial charge in [0.15, 0.2) is 0 Å². The number of hydrogen-bond acceptors (Lipinski definition) is 3. The molecule has 3 atom stereocenters.